The number of rotatable bonds is 2. The molecule has 0 atom stereocenters. The summed E-state index contributed by atoms with van der Waals surface area (Å²) in [7, 11) is 0. The third kappa shape index (κ3) is 1.22. The van der Waals surface area contributed by atoms with Crippen molar-refractivity contribution in [1.82, 2.24) is 9.97 Å². The normalized spacial score (nSPS) is 9.42. The predicted octanol–water partition coefficient (Wildman–Crippen LogP) is -0.747. The highest BCUT2D eigenvalue weighted by Gasteiger charge is 2.19. The zero-order valence-corrected chi connectivity index (χ0v) is 5.89. The molecule has 0 aliphatic rings. The molecule has 0 fully saturated rings. The van der Waals surface area contributed by atoms with E-state index in [0.717, 1.165) is 6.33 Å². The molecule has 8 nitrogen and oxygen atoms in total. The first-order valence-electron chi connectivity index (χ1n) is 2.88. The first kappa shape index (κ1) is 8.14. The van der Waals surface area contributed by atoms with Gasteiger partial charge in [0.15, 0.2) is 0 Å². The summed E-state index contributed by atoms with van der Waals surface area (Å²) in [6.45, 7) is 0. The minimum atomic E-state index is -0.704. The van der Waals surface area contributed by atoms with Gasteiger partial charge in [0.25, 0.3) is 0 Å². The molecule has 0 unspecified atom stereocenters. The number of nitrogen functional groups attached to an aromatic ring is 2. The van der Waals surface area contributed by atoms with Crippen molar-refractivity contribution >= 4 is 17.3 Å². The van der Waals surface area contributed by atoms with Gasteiger partial charge < -0.3 is 11.2 Å². The van der Waals surface area contributed by atoms with Crippen LogP contribution in [0.25, 0.3) is 0 Å². The van der Waals surface area contributed by atoms with Gasteiger partial charge in [0.05, 0.1) is 4.92 Å². The van der Waals surface area contributed by atoms with Crippen LogP contribution in [0.5, 0.6) is 0 Å². The summed E-state index contributed by atoms with van der Waals surface area (Å²) in [6.07, 6.45) is 1.08. The fourth-order valence-electron chi connectivity index (χ4n) is 0.678. The Labute approximate surface area is 66.7 Å². The van der Waals surface area contributed by atoms with Crippen LogP contribution in [-0.4, -0.2) is 14.9 Å². The van der Waals surface area contributed by atoms with Crippen molar-refractivity contribution in [2.45, 2.75) is 0 Å². The number of anilines is 2. The van der Waals surface area contributed by atoms with Gasteiger partial charge in [-0.05, 0) is 0 Å². The Morgan fingerprint density at radius 2 is 2.25 bits per heavy atom. The number of hydrogen-bond acceptors (Lipinski definition) is 7. The molecule has 0 saturated heterocycles. The third-order valence-corrected chi connectivity index (χ3v) is 1.17. The highest BCUT2D eigenvalue weighted by molar-refractivity contribution is 5.66. The molecule has 8 heteroatoms. The largest absolute Gasteiger partial charge is 0.378 e. The zero-order valence-electron chi connectivity index (χ0n) is 5.89. The lowest BCUT2D eigenvalue weighted by atomic mass is 10.4. The highest BCUT2D eigenvalue weighted by atomic mass is 16.6. The number of hydrogen-bond donors (Lipinski definition) is 3. The van der Waals surface area contributed by atoms with E-state index < -0.39 is 10.6 Å². The van der Waals surface area contributed by atoms with E-state index in [2.05, 4.69) is 9.97 Å². The van der Waals surface area contributed by atoms with Crippen molar-refractivity contribution in [3.05, 3.63) is 16.4 Å². The number of nitrogens with zero attached hydrogens (tertiary/aromatic N) is 3. The van der Waals surface area contributed by atoms with Gasteiger partial charge in [0.2, 0.25) is 11.6 Å². The number of nitrogens with one attached hydrogen (secondary N) is 1. The fourth-order valence-corrected chi connectivity index (χ4v) is 0.678. The van der Waals surface area contributed by atoms with Crippen LogP contribution in [0, 0.1) is 10.1 Å². The van der Waals surface area contributed by atoms with E-state index in [1.54, 1.807) is 0 Å². The molecule has 1 rings (SSSR count). The zero-order chi connectivity index (χ0) is 9.14. The first-order chi connectivity index (χ1) is 5.66. The van der Waals surface area contributed by atoms with Gasteiger partial charge >= 0.3 is 5.69 Å². The van der Waals surface area contributed by atoms with Gasteiger partial charge in [-0.2, -0.15) is 0 Å². The van der Waals surface area contributed by atoms with E-state index in [1.165, 1.54) is 0 Å². The lowest BCUT2D eigenvalue weighted by Crippen LogP contribution is -2.12. The Hall–Kier alpha value is -1.96. The molecule has 1 aromatic heterocycles. The third-order valence-electron chi connectivity index (χ3n) is 1.17. The molecule has 0 spiro atoms. The van der Waals surface area contributed by atoms with Gasteiger partial charge in [-0.3, -0.25) is 10.1 Å². The Bertz CT molecular complexity index is 312. The molecule has 12 heavy (non-hydrogen) atoms. The minimum absolute atomic E-state index is 0.104. The Kier molecular flexibility index (Phi) is 2.01. The SMILES string of the molecule is NNc1ncnc(N)c1[N+](=O)[O-]. The summed E-state index contributed by atoms with van der Waals surface area (Å²) in [5, 5.41) is 10.4. The Morgan fingerprint density at radius 1 is 1.58 bits per heavy atom. The number of nitrogens with two attached hydrogens (primary N) is 2. The molecule has 5 N–H and O–H groups in total. The van der Waals surface area contributed by atoms with Crippen molar-refractivity contribution in [2.24, 2.45) is 5.84 Å². The Balaban J connectivity index is 3.29. The second-order valence-corrected chi connectivity index (χ2v) is 1.86. The second-order valence-electron chi connectivity index (χ2n) is 1.86. The maximum atomic E-state index is 10.4. The summed E-state index contributed by atoms with van der Waals surface area (Å²) in [6, 6.07) is 0. The van der Waals surface area contributed by atoms with E-state index in [9.17, 15) is 10.1 Å². The number of hydrazine groups is 1. The van der Waals surface area contributed by atoms with E-state index in [4.69, 9.17) is 11.6 Å². The summed E-state index contributed by atoms with van der Waals surface area (Å²) in [4.78, 5) is 16.6. The summed E-state index contributed by atoms with van der Waals surface area (Å²) < 4.78 is 0. The molecule has 1 heterocycles. The lowest BCUT2D eigenvalue weighted by molar-refractivity contribution is -0.383. The maximum Gasteiger partial charge on any atom is 0.354 e. The van der Waals surface area contributed by atoms with Gasteiger partial charge in [-0.15, -0.1) is 0 Å². The topological polar surface area (TPSA) is 133 Å². The van der Waals surface area contributed by atoms with Gasteiger partial charge in [-0.1, -0.05) is 0 Å². The molecule has 0 amide bonds. The minimum Gasteiger partial charge on any atom is -0.378 e. The van der Waals surface area contributed by atoms with Crippen LogP contribution in [0.3, 0.4) is 0 Å². The standard InChI is InChI=1S/C4H6N6O2/c5-3-2(10(11)12)4(9-6)8-1-7-3/h1H,6H2,(H3,5,7,8,9). The summed E-state index contributed by atoms with van der Waals surface area (Å²) in [5.74, 6) is 4.63. The quantitative estimate of drug-likeness (QED) is 0.302. The van der Waals surface area contributed by atoms with Crippen molar-refractivity contribution in [3.8, 4) is 0 Å². The first-order valence-corrected chi connectivity index (χ1v) is 2.88. The highest BCUT2D eigenvalue weighted by Crippen LogP contribution is 2.24. The van der Waals surface area contributed by atoms with Crippen LogP contribution >= 0.6 is 0 Å². The van der Waals surface area contributed by atoms with Crippen molar-refractivity contribution in [3.63, 3.8) is 0 Å². The van der Waals surface area contributed by atoms with E-state index in [0.29, 0.717) is 0 Å². The van der Waals surface area contributed by atoms with Crippen molar-refractivity contribution in [2.75, 3.05) is 11.2 Å². The van der Waals surface area contributed by atoms with Crippen LogP contribution in [-0.2, 0) is 0 Å². The van der Waals surface area contributed by atoms with E-state index in [1.807, 2.05) is 5.43 Å². The molecular formula is C4H6N6O2. The van der Waals surface area contributed by atoms with Gasteiger partial charge in [0, 0.05) is 0 Å². The van der Waals surface area contributed by atoms with Crippen LogP contribution in [0.1, 0.15) is 0 Å². The lowest BCUT2D eigenvalue weighted by Gasteiger charge is -2.00. The van der Waals surface area contributed by atoms with Crippen LogP contribution in [0.15, 0.2) is 6.33 Å². The molecule has 0 aromatic carbocycles. The average molecular weight is 170 g/mol. The monoisotopic (exact) mass is 170 g/mol. The molecule has 1 aromatic rings. The van der Waals surface area contributed by atoms with Gasteiger partial charge in [0.1, 0.15) is 6.33 Å². The van der Waals surface area contributed by atoms with Crippen LogP contribution in [0.4, 0.5) is 17.3 Å². The molecule has 0 aliphatic heterocycles. The predicted molar refractivity (Wildman–Crippen MR) is 40.9 cm³/mol. The molecule has 0 bridgehead atoms. The molecular weight excluding hydrogens is 164 g/mol. The van der Waals surface area contributed by atoms with Crippen molar-refractivity contribution in [1.29, 1.82) is 0 Å². The number of nitro groups is 1. The summed E-state index contributed by atoms with van der Waals surface area (Å²) in [5.41, 5.74) is 6.84. The van der Waals surface area contributed by atoms with Crippen molar-refractivity contribution < 1.29 is 4.92 Å². The molecule has 0 saturated carbocycles. The number of aromatic nitrogens is 2. The average Bonchev–Trinajstić information content (AvgIpc) is 2.03. The Morgan fingerprint density at radius 3 is 2.67 bits per heavy atom. The van der Waals surface area contributed by atoms with Crippen LogP contribution in [0.2, 0.25) is 0 Å². The van der Waals surface area contributed by atoms with E-state index in [-0.39, 0.29) is 11.6 Å². The fraction of sp³-hybridized carbons (Fsp3) is 0. The van der Waals surface area contributed by atoms with Crippen LogP contribution < -0.4 is 17.0 Å². The molecule has 0 aliphatic carbocycles. The van der Waals surface area contributed by atoms with E-state index >= 15 is 0 Å². The molecule has 64 valence electrons. The van der Waals surface area contributed by atoms with Gasteiger partial charge in [-0.25, -0.2) is 15.8 Å². The summed E-state index contributed by atoms with van der Waals surface area (Å²) >= 11 is 0. The molecule has 0 radical (unpaired) electrons. The second kappa shape index (κ2) is 2.96. The smallest absolute Gasteiger partial charge is 0.354 e. The maximum absolute atomic E-state index is 10.4.